The molecular weight excluding hydrogens is 352 g/mol. The van der Waals surface area contributed by atoms with Crippen LogP contribution in [-0.2, 0) is 0 Å². The third-order valence-corrected chi connectivity index (χ3v) is 7.65. The number of imidazole rings is 1. The van der Waals surface area contributed by atoms with Gasteiger partial charge < -0.3 is 10.4 Å². The second-order valence-electron chi connectivity index (χ2n) is 9.46. The molecule has 7 heteroatoms. The SMILES string of the molecule is CC(C)(O)C12CCC1(Nc1ccc3ncc(-c4cc(C5CC5)[nH]n4)n3n1)CC2. The zero-order chi connectivity index (χ0) is 19.1. The van der Waals surface area contributed by atoms with E-state index in [0.29, 0.717) is 5.92 Å². The molecule has 0 spiro atoms. The molecule has 0 aliphatic heterocycles. The summed E-state index contributed by atoms with van der Waals surface area (Å²) in [5, 5.41) is 26.9. The van der Waals surface area contributed by atoms with Crippen LogP contribution in [0.1, 0.15) is 64.0 Å². The number of fused-ring (bicyclic) bond motifs is 2. The van der Waals surface area contributed by atoms with Gasteiger partial charge in [-0.15, -0.1) is 5.10 Å². The normalized spacial score (nSPS) is 29.2. The molecule has 3 aromatic rings. The fourth-order valence-electron chi connectivity index (χ4n) is 5.58. The van der Waals surface area contributed by atoms with Crippen LogP contribution >= 0.6 is 0 Å². The van der Waals surface area contributed by atoms with Gasteiger partial charge in [-0.25, -0.2) is 9.50 Å². The molecule has 0 saturated heterocycles. The minimum absolute atomic E-state index is 0.0435. The standard InChI is InChI=1S/C21H26N6O/c1-19(2,28)20-7-9-21(20,10-8-20)23-17-5-6-18-22-12-16(27(18)26-17)15-11-14(24-25-15)13-3-4-13/h5-6,11-13,28H,3-4,7-10H2,1-2H3,(H,23,26)(H,24,25). The van der Waals surface area contributed by atoms with Crippen molar-refractivity contribution in [3.05, 3.63) is 30.1 Å². The van der Waals surface area contributed by atoms with Crippen LogP contribution in [-0.4, -0.2) is 41.0 Å². The topological polar surface area (TPSA) is 91.1 Å². The number of rotatable bonds is 5. The molecule has 3 aliphatic carbocycles. The highest BCUT2D eigenvalue weighted by molar-refractivity contribution is 5.61. The summed E-state index contributed by atoms with van der Waals surface area (Å²) < 4.78 is 1.87. The molecule has 0 radical (unpaired) electrons. The second-order valence-corrected chi connectivity index (χ2v) is 9.46. The Morgan fingerprint density at radius 2 is 2.00 bits per heavy atom. The lowest BCUT2D eigenvalue weighted by Gasteiger charge is -2.72. The van der Waals surface area contributed by atoms with E-state index in [4.69, 9.17) is 5.10 Å². The first-order chi connectivity index (χ1) is 13.4. The zero-order valence-electron chi connectivity index (χ0n) is 16.4. The van der Waals surface area contributed by atoms with Gasteiger partial charge in [0.25, 0.3) is 0 Å². The smallest absolute Gasteiger partial charge is 0.154 e. The first kappa shape index (κ1) is 16.5. The van der Waals surface area contributed by atoms with E-state index < -0.39 is 5.60 Å². The van der Waals surface area contributed by atoms with Gasteiger partial charge in [0.05, 0.1) is 11.8 Å². The highest BCUT2D eigenvalue weighted by Crippen LogP contribution is 2.69. The number of hydrogen-bond donors (Lipinski definition) is 3. The molecule has 0 unspecified atom stereocenters. The van der Waals surface area contributed by atoms with Crippen LogP contribution in [0.3, 0.4) is 0 Å². The summed E-state index contributed by atoms with van der Waals surface area (Å²) in [6.07, 6.45) is 8.62. The largest absolute Gasteiger partial charge is 0.390 e. The molecule has 3 heterocycles. The van der Waals surface area contributed by atoms with E-state index in [0.717, 1.165) is 48.5 Å². The third kappa shape index (κ3) is 2.05. The first-order valence-corrected chi connectivity index (χ1v) is 10.3. The van der Waals surface area contributed by atoms with Crippen molar-refractivity contribution in [2.75, 3.05) is 5.32 Å². The van der Waals surface area contributed by atoms with Gasteiger partial charge in [-0.05, 0) is 70.6 Å². The summed E-state index contributed by atoms with van der Waals surface area (Å²) in [6.45, 7) is 3.89. The molecule has 3 saturated carbocycles. The summed E-state index contributed by atoms with van der Waals surface area (Å²) in [5.74, 6) is 1.47. The molecule has 3 aromatic heterocycles. The van der Waals surface area contributed by atoms with Gasteiger partial charge >= 0.3 is 0 Å². The number of hydrogen-bond acceptors (Lipinski definition) is 5. The molecule has 0 amide bonds. The Kier molecular flexibility index (Phi) is 3.04. The molecule has 0 aromatic carbocycles. The molecule has 3 N–H and O–H groups in total. The summed E-state index contributed by atoms with van der Waals surface area (Å²) in [4.78, 5) is 4.50. The number of aliphatic hydroxyl groups is 1. The average molecular weight is 378 g/mol. The lowest BCUT2D eigenvalue weighted by atomic mass is 9.37. The van der Waals surface area contributed by atoms with Crippen molar-refractivity contribution in [1.29, 1.82) is 0 Å². The molecule has 6 rings (SSSR count). The monoisotopic (exact) mass is 378 g/mol. The number of aromatic amines is 1. The summed E-state index contributed by atoms with van der Waals surface area (Å²) in [7, 11) is 0. The van der Waals surface area contributed by atoms with Gasteiger partial charge in [0.1, 0.15) is 17.2 Å². The van der Waals surface area contributed by atoms with Crippen molar-refractivity contribution in [2.45, 2.75) is 69.4 Å². The van der Waals surface area contributed by atoms with Crippen LogP contribution in [0.4, 0.5) is 5.82 Å². The molecule has 0 bridgehead atoms. The maximum atomic E-state index is 10.8. The number of anilines is 1. The summed E-state index contributed by atoms with van der Waals surface area (Å²) in [5.41, 5.74) is 3.02. The molecule has 146 valence electrons. The lowest BCUT2D eigenvalue weighted by Crippen LogP contribution is -2.76. The Bertz CT molecular complexity index is 1060. The van der Waals surface area contributed by atoms with Crippen molar-refractivity contribution in [3.8, 4) is 11.4 Å². The van der Waals surface area contributed by atoms with Crippen molar-refractivity contribution in [2.24, 2.45) is 5.41 Å². The Morgan fingerprint density at radius 1 is 1.21 bits per heavy atom. The number of aromatic nitrogens is 5. The first-order valence-electron chi connectivity index (χ1n) is 10.3. The zero-order valence-corrected chi connectivity index (χ0v) is 16.4. The van der Waals surface area contributed by atoms with E-state index >= 15 is 0 Å². The minimum atomic E-state index is -0.685. The molecule has 7 nitrogen and oxygen atoms in total. The van der Waals surface area contributed by atoms with Gasteiger partial charge in [0.15, 0.2) is 5.65 Å². The Morgan fingerprint density at radius 3 is 2.64 bits per heavy atom. The quantitative estimate of drug-likeness (QED) is 0.632. The lowest BCUT2D eigenvalue weighted by molar-refractivity contribution is -0.210. The molecule has 28 heavy (non-hydrogen) atoms. The molecule has 3 aliphatic rings. The van der Waals surface area contributed by atoms with Crippen LogP contribution in [0.2, 0.25) is 0 Å². The molecule has 0 atom stereocenters. The highest BCUT2D eigenvalue weighted by atomic mass is 16.3. The molecule has 3 fully saturated rings. The fourth-order valence-corrected chi connectivity index (χ4v) is 5.58. The Balaban J connectivity index is 1.34. The summed E-state index contributed by atoms with van der Waals surface area (Å²) in [6, 6.07) is 6.11. The average Bonchev–Trinajstić information content (AvgIpc) is 3.23. The van der Waals surface area contributed by atoms with Gasteiger partial charge in [-0.3, -0.25) is 5.10 Å². The van der Waals surface area contributed by atoms with Crippen LogP contribution < -0.4 is 5.32 Å². The van der Waals surface area contributed by atoms with Gasteiger partial charge in [-0.1, -0.05) is 0 Å². The highest BCUT2D eigenvalue weighted by Gasteiger charge is 2.71. The Hall–Kier alpha value is -2.41. The van der Waals surface area contributed by atoms with Gasteiger partial charge in [-0.2, -0.15) is 5.10 Å². The van der Waals surface area contributed by atoms with E-state index in [9.17, 15) is 5.11 Å². The maximum absolute atomic E-state index is 10.8. The predicted octanol–water partition coefficient (Wildman–Crippen LogP) is 3.49. The van der Waals surface area contributed by atoms with Crippen molar-refractivity contribution >= 4 is 11.5 Å². The predicted molar refractivity (Wildman–Crippen MR) is 106 cm³/mol. The number of nitrogens with one attached hydrogen (secondary N) is 2. The minimum Gasteiger partial charge on any atom is -0.390 e. The van der Waals surface area contributed by atoms with E-state index in [-0.39, 0.29) is 11.0 Å². The fraction of sp³-hybridized carbons (Fsp3) is 0.571. The van der Waals surface area contributed by atoms with Crippen LogP contribution in [0.25, 0.3) is 17.0 Å². The summed E-state index contributed by atoms with van der Waals surface area (Å²) >= 11 is 0. The van der Waals surface area contributed by atoms with Crippen molar-refractivity contribution in [3.63, 3.8) is 0 Å². The van der Waals surface area contributed by atoms with Gasteiger partial charge in [0, 0.05) is 22.6 Å². The van der Waals surface area contributed by atoms with Crippen LogP contribution in [0, 0.1) is 5.41 Å². The maximum Gasteiger partial charge on any atom is 0.154 e. The second kappa shape index (κ2) is 5.14. The van der Waals surface area contributed by atoms with Crippen LogP contribution in [0.15, 0.2) is 24.4 Å². The number of H-pyrrole nitrogens is 1. The van der Waals surface area contributed by atoms with Crippen LogP contribution in [0.5, 0.6) is 0 Å². The third-order valence-electron chi connectivity index (χ3n) is 7.65. The van der Waals surface area contributed by atoms with E-state index in [1.165, 1.54) is 18.5 Å². The van der Waals surface area contributed by atoms with E-state index in [1.54, 1.807) is 0 Å². The van der Waals surface area contributed by atoms with E-state index in [2.05, 4.69) is 26.6 Å². The van der Waals surface area contributed by atoms with Crippen molar-refractivity contribution < 1.29 is 5.11 Å². The van der Waals surface area contributed by atoms with Gasteiger partial charge in [0.2, 0.25) is 0 Å². The number of nitrogens with zero attached hydrogens (tertiary/aromatic N) is 4. The van der Waals surface area contributed by atoms with Crippen molar-refractivity contribution in [1.82, 2.24) is 24.8 Å². The van der Waals surface area contributed by atoms with E-state index in [1.807, 2.05) is 36.7 Å². The Labute approximate surface area is 163 Å². The molecular formula is C21H26N6O.